The smallest absolute Gasteiger partial charge is 0.304 e. The van der Waals surface area contributed by atoms with Crippen molar-refractivity contribution < 1.29 is 28.5 Å². The van der Waals surface area contributed by atoms with E-state index in [9.17, 15) is 4.79 Å². The van der Waals surface area contributed by atoms with Gasteiger partial charge in [0.1, 0.15) is 35.8 Å². The van der Waals surface area contributed by atoms with E-state index in [0.717, 1.165) is 44.7 Å². The van der Waals surface area contributed by atoms with Gasteiger partial charge in [0.15, 0.2) is 0 Å². The number of ether oxygens (including phenoxy) is 3. The SMILES string of the molecule is Cc1cc(OCc2cnn(C)c2)cc(C)c1-c1ccc(F)c2c1CC[C@H]2Oc1ccc2c(c1)OCC2CC(=O)O. The van der Waals surface area contributed by atoms with E-state index < -0.39 is 12.1 Å². The van der Waals surface area contributed by atoms with Crippen LogP contribution in [-0.4, -0.2) is 27.5 Å². The van der Waals surface area contributed by atoms with Gasteiger partial charge in [0.2, 0.25) is 0 Å². The number of hydrogen-bond acceptors (Lipinski definition) is 5. The van der Waals surface area contributed by atoms with Crippen molar-refractivity contribution in [3.05, 3.63) is 94.1 Å². The predicted octanol–water partition coefficient (Wildman–Crippen LogP) is 6.44. The Morgan fingerprint density at radius 1 is 1.15 bits per heavy atom. The number of benzene rings is 3. The minimum absolute atomic E-state index is 0.0215. The van der Waals surface area contributed by atoms with Crippen LogP contribution >= 0.6 is 0 Å². The molecule has 8 heteroatoms. The van der Waals surface area contributed by atoms with Crippen LogP contribution in [0.1, 0.15) is 58.2 Å². The van der Waals surface area contributed by atoms with E-state index in [-0.39, 0.29) is 18.2 Å². The predicted molar refractivity (Wildman–Crippen MR) is 147 cm³/mol. The van der Waals surface area contributed by atoms with E-state index in [1.165, 1.54) is 6.07 Å². The number of rotatable bonds is 8. The van der Waals surface area contributed by atoms with Gasteiger partial charge < -0.3 is 19.3 Å². The van der Waals surface area contributed by atoms with Gasteiger partial charge in [-0.15, -0.1) is 0 Å². The molecule has 40 heavy (non-hydrogen) atoms. The summed E-state index contributed by atoms with van der Waals surface area (Å²) in [6.07, 6.45) is 4.68. The molecule has 206 valence electrons. The summed E-state index contributed by atoms with van der Waals surface area (Å²) < 4.78 is 35.1. The summed E-state index contributed by atoms with van der Waals surface area (Å²) in [5.41, 5.74) is 7.66. The number of fused-ring (bicyclic) bond motifs is 2. The summed E-state index contributed by atoms with van der Waals surface area (Å²) in [6.45, 7) is 4.88. The summed E-state index contributed by atoms with van der Waals surface area (Å²) in [5, 5.41) is 13.3. The number of aromatic nitrogens is 2. The van der Waals surface area contributed by atoms with E-state index in [2.05, 4.69) is 18.9 Å². The Morgan fingerprint density at radius 3 is 2.67 bits per heavy atom. The number of carboxylic acid groups (broad SMARTS) is 1. The van der Waals surface area contributed by atoms with E-state index in [4.69, 9.17) is 19.3 Å². The highest BCUT2D eigenvalue weighted by molar-refractivity contribution is 5.76. The number of carbonyl (C=O) groups is 1. The molecular weight excluding hydrogens is 511 g/mol. The van der Waals surface area contributed by atoms with E-state index in [1.54, 1.807) is 16.9 Å². The lowest BCUT2D eigenvalue weighted by atomic mass is 9.90. The van der Waals surface area contributed by atoms with Gasteiger partial charge >= 0.3 is 5.97 Å². The number of aliphatic carboxylic acids is 1. The average Bonchev–Trinajstić information content (AvgIpc) is 3.63. The Hall–Kier alpha value is -4.33. The molecule has 7 nitrogen and oxygen atoms in total. The third kappa shape index (κ3) is 4.90. The standard InChI is InChI=1S/C32H31FN2O5/c1-18-10-23(38-16-20-14-34-35(3)15-20)11-19(2)31(18)25-6-8-27(33)32-26(25)7-9-28(32)40-22-4-5-24-21(12-30(36)37)17-39-29(24)13-22/h4-6,8,10-11,13-15,21,28H,7,9,12,16-17H2,1-3H3,(H,36,37)/t21?,28-/m1/s1. The second kappa shape index (κ2) is 10.3. The van der Waals surface area contributed by atoms with Crippen molar-refractivity contribution in [2.75, 3.05) is 6.61 Å². The van der Waals surface area contributed by atoms with E-state index >= 15 is 4.39 Å². The second-order valence-electron chi connectivity index (χ2n) is 10.7. The average molecular weight is 543 g/mol. The Morgan fingerprint density at radius 2 is 1.95 bits per heavy atom. The number of hydrogen-bond donors (Lipinski definition) is 1. The molecule has 6 rings (SSSR count). The summed E-state index contributed by atoms with van der Waals surface area (Å²) in [5.74, 6) is 0.701. The maximum absolute atomic E-state index is 15.3. The Labute approximate surface area is 232 Å². The normalized spacial score (nSPS) is 17.3. The maximum atomic E-state index is 15.3. The summed E-state index contributed by atoms with van der Waals surface area (Å²) in [7, 11) is 1.88. The quantitative estimate of drug-likeness (QED) is 0.276. The highest BCUT2D eigenvalue weighted by Gasteiger charge is 2.32. The van der Waals surface area contributed by atoms with E-state index in [1.807, 2.05) is 43.6 Å². The Balaban J connectivity index is 1.24. The van der Waals surface area contributed by atoms with Crippen LogP contribution in [0.3, 0.4) is 0 Å². The van der Waals surface area contributed by atoms with Crippen molar-refractivity contribution in [3.8, 4) is 28.4 Å². The fourth-order valence-electron chi connectivity index (χ4n) is 6.04. The zero-order valence-corrected chi connectivity index (χ0v) is 22.7. The minimum atomic E-state index is -0.854. The molecule has 1 aromatic heterocycles. The minimum Gasteiger partial charge on any atom is -0.492 e. The van der Waals surface area contributed by atoms with Crippen LogP contribution in [0.5, 0.6) is 17.2 Å². The third-order valence-corrected chi connectivity index (χ3v) is 7.79. The van der Waals surface area contributed by atoms with Crippen LogP contribution in [-0.2, 0) is 24.9 Å². The molecule has 2 aliphatic rings. The number of halogens is 1. The van der Waals surface area contributed by atoms with Crippen molar-refractivity contribution in [2.24, 2.45) is 7.05 Å². The van der Waals surface area contributed by atoms with Gasteiger partial charge in [-0.2, -0.15) is 5.10 Å². The first-order chi connectivity index (χ1) is 19.3. The molecule has 0 saturated heterocycles. The fraction of sp³-hybridized carbons (Fsp3) is 0.312. The van der Waals surface area contributed by atoms with Crippen LogP contribution in [0.25, 0.3) is 11.1 Å². The Kier molecular flexibility index (Phi) is 6.70. The third-order valence-electron chi connectivity index (χ3n) is 7.79. The molecular formula is C32H31FN2O5. The maximum Gasteiger partial charge on any atom is 0.304 e. The molecule has 0 fully saturated rings. The number of carboxylic acids is 1. The molecule has 0 radical (unpaired) electrons. The molecule has 1 aliphatic carbocycles. The zero-order chi connectivity index (χ0) is 28.0. The van der Waals surface area contributed by atoms with E-state index in [0.29, 0.717) is 43.1 Å². The molecule has 3 aromatic carbocycles. The molecule has 2 heterocycles. The van der Waals surface area contributed by atoms with Gasteiger partial charge in [-0.3, -0.25) is 9.48 Å². The molecule has 1 N–H and O–H groups in total. The highest BCUT2D eigenvalue weighted by Crippen LogP contribution is 2.45. The zero-order valence-electron chi connectivity index (χ0n) is 22.7. The lowest BCUT2D eigenvalue weighted by Crippen LogP contribution is -2.07. The number of aryl methyl sites for hydroxylation is 3. The summed E-state index contributed by atoms with van der Waals surface area (Å²) in [4.78, 5) is 11.2. The molecule has 1 aliphatic heterocycles. The van der Waals surface area contributed by atoms with Crippen molar-refractivity contribution in [1.29, 1.82) is 0 Å². The molecule has 0 bridgehead atoms. The topological polar surface area (TPSA) is 82.8 Å². The summed E-state index contributed by atoms with van der Waals surface area (Å²) in [6, 6.07) is 12.9. The first-order valence-electron chi connectivity index (χ1n) is 13.4. The lowest BCUT2D eigenvalue weighted by molar-refractivity contribution is -0.137. The summed E-state index contributed by atoms with van der Waals surface area (Å²) >= 11 is 0. The highest BCUT2D eigenvalue weighted by atomic mass is 19.1. The van der Waals surface area contributed by atoms with Gasteiger partial charge in [-0.1, -0.05) is 12.1 Å². The largest absolute Gasteiger partial charge is 0.492 e. The van der Waals surface area contributed by atoms with Gasteiger partial charge in [-0.05, 0) is 78.8 Å². The molecule has 1 unspecified atom stereocenters. The van der Waals surface area contributed by atoms with Crippen molar-refractivity contribution >= 4 is 5.97 Å². The van der Waals surface area contributed by atoms with Crippen molar-refractivity contribution in [2.45, 2.75) is 51.7 Å². The molecule has 0 spiro atoms. The molecule has 2 atom stereocenters. The van der Waals surface area contributed by atoms with Crippen LogP contribution in [0, 0.1) is 19.7 Å². The lowest BCUT2D eigenvalue weighted by Gasteiger charge is -2.19. The van der Waals surface area contributed by atoms with Gasteiger partial charge in [-0.25, -0.2) is 4.39 Å². The fourth-order valence-corrected chi connectivity index (χ4v) is 6.04. The first kappa shape index (κ1) is 25.9. The number of nitrogens with zero attached hydrogens (tertiary/aromatic N) is 2. The van der Waals surface area contributed by atoms with Crippen LogP contribution in [0.2, 0.25) is 0 Å². The molecule has 0 saturated carbocycles. The van der Waals surface area contributed by atoms with Gasteiger partial charge in [0.25, 0.3) is 0 Å². The van der Waals surface area contributed by atoms with Crippen LogP contribution in [0.4, 0.5) is 4.39 Å². The van der Waals surface area contributed by atoms with Crippen LogP contribution in [0.15, 0.2) is 54.9 Å². The monoisotopic (exact) mass is 542 g/mol. The van der Waals surface area contributed by atoms with Crippen molar-refractivity contribution in [1.82, 2.24) is 9.78 Å². The Bertz CT molecular complexity index is 1590. The van der Waals surface area contributed by atoms with Gasteiger partial charge in [0, 0.05) is 41.9 Å². The molecule has 0 amide bonds. The van der Waals surface area contributed by atoms with Crippen molar-refractivity contribution in [3.63, 3.8) is 0 Å². The molecule has 4 aromatic rings. The second-order valence-corrected chi connectivity index (χ2v) is 10.7. The first-order valence-corrected chi connectivity index (χ1v) is 13.4. The van der Waals surface area contributed by atoms with Crippen LogP contribution < -0.4 is 14.2 Å². The van der Waals surface area contributed by atoms with Gasteiger partial charge in [0.05, 0.1) is 19.2 Å².